The number of anilines is 1. The molecule has 146 valence electrons. The van der Waals surface area contributed by atoms with E-state index in [1.807, 2.05) is 5.38 Å². The van der Waals surface area contributed by atoms with Crippen LogP contribution in [0.25, 0.3) is 11.3 Å². The lowest BCUT2D eigenvalue weighted by Crippen LogP contribution is -2.43. The molecule has 0 bridgehead atoms. The van der Waals surface area contributed by atoms with Crippen LogP contribution in [0.1, 0.15) is 25.3 Å². The monoisotopic (exact) mass is 386 g/mol. The molecule has 0 spiro atoms. The summed E-state index contributed by atoms with van der Waals surface area (Å²) in [5.41, 5.74) is 3.34. The average Bonchev–Trinajstić information content (AvgIpc) is 3.15. The number of nitrogens with zero attached hydrogens (tertiary/aromatic N) is 3. The van der Waals surface area contributed by atoms with Gasteiger partial charge < -0.3 is 15.1 Å². The van der Waals surface area contributed by atoms with E-state index < -0.39 is 0 Å². The summed E-state index contributed by atoms with van der Waals surface area (Å²) in [6.07, 6.45) is 3.07. The molecule has 1 amide bonds. The number of likely N-dealkylation sites (N-methyl/N-ethyl adjacent to an activating group) is 1. The molecule has 2 heterocycles. The summed E-state index contributed by atoms with van der Waals surface area (Å²) in [6, 6.07) is 8.47. The van der Waals surface area contributed by atoms with E-state index in [-0.39, 0.29) is 11.8 Å². The van der Waals surface area contributed by atoms with Gasteiger partial charge in [-0.1, -0.05) is 31.2 Å². The Hall–Kier alpha value is -1.76. The lowest BCUT2D eigenvalue weighted by molar-refractivity contribution is -0.121. The Bertz CT molecular complexity index is 741. The fourth-order valence-corrected chi connectivity index (χ4v) is 4.12. The third-order valence-electron chi connectivity index (χ3n) is 5.13. The number of aromatic nitrogens is 1. The maximum atomic E-state index is 12.7. The molecular weight excluding hydrogens is 356 g/mol. The lowest BCUT2D eigenvalue weighted by atomic mass is 9.97. The highest BCUT2D eigenvalue weighted by molar-refractivity contribution is 7.14. The second-order valence-electron chi connectivity index (χ2n) is 7.52. The van der Waals surface area contributed by atoms with Crippen LogP contribution >= 0.6 is 11.3 Å². The maximum absolute atomic E-state index is 12.7. The van der Waals surface area contributed by atoms with Crippen molar-refractivity contribution < 1.29 is 4.79 Å². The Morgan fingerprint density at radius 2 is 2.11 bits per heavy atom. The van der Waals surface area contributed by atoms with Crippen molar-refractivity contribution in [1.82, 2.24) is 14.8 Å². The minimum absolute atomic E-state index is 0.0529. The zero-order valence-electron chi connectivity index (χ0n) is 16.6. The molecule has 0 aliphatic carbocycles. The average molecular weight is 387 g/mol. The second-order valence-corrected chi connectivity index (χ2v) is 8.38. The van der Waals surface area contributed by atoms with Gasteiger partial charge >= 0.3 is 0 Å². The number of hydrogen-bond donors (Lipinski definition) is 1. The van der Waals surface area contributed by atoms with Crippen LogP contribution in [0.3, 0.4) is 0 Å². The molecule has 6 heteroatoms. The molecule has 1 aromatic carbocycles. The van der Waals surface area contributed by atoms with Crippen molar-refractivity contribution in [2.24, 2.45) is 5.92 Å². The first-order valence-electron chi connectivity index (χ1n) is 9.78. The Balaban J connectivity index is 1.57. The van der Waals surface area contributed by atoms with Crippen molar-refractivity contribution in [3.05, 3.63) is 35.2 Å². The summed E-state index contributed by atoms with van der Waals surface area (Å²) < 4.78 is 0. The molecule has 27 heavy (non-hydrogen) atoms. The SMILES string of the molecule is CCc1ccc(-c2csc(NC(=O)C3CCCN(CCN(C)C)C3)n2)cc1. The summed E-state index contributed by atoms with van der Waals surface area (Å²) in [6.45, 7) is 6.13. The van der Waals surface area contributed by atoms with E-state index in [1.54, 1.807) is 0 Å². The number of benzene rings is 1. The van der Waals surface area contributed by atoms with Crippen molar-refractivity contribution in [3.8, 4) is 11.3 Å². The Morgan fingerprint density at radius 1 is 1.33 bits per heavy atom. The highest BCUT2D eigenvalue weighted by atomic mass is 32.1. The van der Waals surface area contributed by atoms with Gasteiger partial charge in [-0.2, -0.15) is 0 Å². The number of carbonyl (C=O) groups excluding carboxylic acids is 1. The van der Waals surface area contributed by atoms with E-state index in [0.717, 1.165) is 56.7 Å². The van der Waals surface area contributed by atoms with Crippen LogP contribution in [0.5, 0.6) is 0 Å². The largest absolute Gasteiger partial charge is 0.308 e. The van der Waals surface area contributed by atoms with Gasteiger partial charge in [0.05, 0.1) is 11.6 Å². The first kappa shape index (κ1) is 20.0. The van der Waals surface area contributed by atoms with Crippen LogP contribution < -0.4 is 5.32 Å². The number of carbonyl (C=O) groups is 1. The van der Waals surface area contributed by atoms with Crippen molar-refractivity contribution in [2.45, 2.75) is 26.2 Å². The highest BCUT2D eigenvalue weighted by Gasteiger charge is 2.26. The van der Waals surface area contributed by atoms with Gasteiger partial charge in [0.15, 0.2) is 5.13 Å². The summed E-state index contributed by atoms with van der Waals surface area (Å²) in [7, 11) is 4.17. The van der Waals surface area contributed by atoms with Crippen LogP contribution in [-0.4, -0.2) is 61.0 Å². The molecule has 1 fully saturated rings. The first-order chi connectivity index (χ1) is 13.0. The number of thiazole rings is 1. The van der Waals surface area contributed by atoms with Crippen LogP contribution in [0, 0.1) is 5.92 Å². The minimum Gasteiger partial charge on any atom is -0.308 e. The second kappa shape index (κ2) is 9.44. The Morgan fingerprint density at radius 3 is 2.81 bits per heavy atom. The molecular formula is C21H30N4OS. The van der Waals surface area contributed by atoms with Gasteiger partial charge in [-0.25, -0.2) is 4.98 Å². The molecule has 1 aromatic heterocycles. The first-order valence-corrected chi connectivity index (χ1v) is 10.7. The summed E-state index contributed by atoms with van der Waals surface area (Å²) in [5, 5.41) is 5.75. The minimum atomic E-state index is 0.0529. The Kier molecular flexibility index (Phi) is 6.99. The zero-order valence-corrected chi connectivity index (χ0v) is 17.4. The predicted octanol–water partition coefficient (Wildman–Crippen LogP) is 3.58. The van der Waals surface area contributed by atoms with Gasteiger partial charge in [0.1, 0.15) is 0 Å². The number of amides is 1. The van der Waals surface area contributed by atoms with Crippen LogP contribution in [0.2, 0.25) is 0 Å². The molecule has 1 N–H and O–H groups in total. The van der Waals surface area contributed by atoms with Crippen molar-refractivity contribution in [2.75, 3.05) is 45.6 Å². The predicted molar refractivity (Wildman–Crippen MR) is 113 cm³/mol. The van der Waals surface area contributed by atoms with E-state index in [0.29, 0.717) is 5.13 Å². The van der Waals surface area contributed by atoms with Gasteiger partial charge in [-0.05, 0) is 45.5 Å². The highest BCUT2D eigenvalue weighted by Crippen LogP contribution is 2.26. The van der Waals surface area contributed by atoms with Crippen LogP contribution in [-0.2, 0) is 11.2 Å². The number of rotatable bonds is 7. The maximum Gasteiger partial charge on any atom is 0.230 e. The molecule has 2 aromatic rings. The van der Waals surface area contributed by atoms with Crippen molar-refractivity contribution in [3.63, 3.8) is 0 Å². The van der Waals surface area contributed by atoms with Gasteiger partial charge in [0.2, 0.25) is 5.91 Å². The lowest BCUT2D eigenvalue weighted by Gasteiger charge is -2.32. The van der Waals surface area contributed by atoms with Gasteiger partial charge in [0.25, 0.3) is 0 Å². The standard InChI is InChI=1S/C21H30N4OS/c1-4-16-7-9-17(10-8-16)19-15-27-21(22-19)23-20(26)18-6-5-11-25(14-18)13-12-24(2)3/h7-10,15,18H,4-6,11-14H2,1-3H3,(H,22,23,26). The van der Waals surface area contributed by atoms with Crippen LogP contribution in [0.15, 0.2) is 29.6 Å². The fraction of sp³-hybridized carbons (Fsp3) is 0.524. The van der Waals surface area contributed by atoms with Gasteiger partial charge in [-0.15, -0.1) is 11.3 Å². The summed E-state index contributed by atoms with van der Waals surface area (Å²) in [5.74, 6) is 0.156. The molecule has 3 rings (SSSR count). The van der Waals surface area contributed by atoms with E-state index >= 15 is 0 Å². The number of nitrogens with one attached hydrogen (secondary N) is 1. The third-order valence-corrected chi connectivity index (χ3v) is 5.89. The zero-order chi connectivity index (χ0) is 19.2. The molecule has 0 radical (unpaired) electrons. The molecule has 1 atom stereocenters. The molecule has 1 aliphatic rings. The fourth-order valence-electron chi connectivity index (χ4n) is 3.40. The Labute approximate surface area is 166 Å². The summed E-state index contributed by atoms with van der Waals surface area (Å²) >= 11 is 1.50. The smallest absolute Gasteiger partial charge is 0.230 e. The molecule has 1 aliphatic heterocycles. The number of piperidine rings is 1. The van der Waals surface area contributed by atoms with E-state index in [9.17, 15) is 4.79 Å². The quantitative estimate of drug-likeness (QED) is 0.790. The summed E-state index contributed by atoms with van der Waals surface area (Å²) in [4.78, 5) is 21.9. The topological polar surface area (TPSA) is 48.5 Å². The van der Waals surface area contributed by atoms with Gasteiger partial charge in [0, 0.05) is 30.6 Å². The normalized spacial score (nSPS) is 18.0. The van der Waals surface area contributed by atoms with E-state index in [1.165, 1.54) is 16.9 Å². The van der Waals surface area contributed by atoms with E-state index in [2.05, 4.69) is 65.4 Å². The number of aryl methyl sites for hydroxylation is 1. The van der Waals surface area contributed by atoms with Crippen molar-refractivity contribution >= 4 is 22.4 Å². The number of likely N-dealkylation sites (tertiary alicyclic amines) is 1. The molecule has 0 saturated carbocycles. The molecule has 5 nitrogen and oxygen atoms in total. The molecule has 1 saturated heterocycles. The number of hydrogen-bond acceptors (Lipinski definition) is 5. The third kappa shape index (κ3) is 5.61. The van der Waals surface area contributed by atoms with Gasteiger partial charge in [-0.3, -0.25) is 4.79 Å². The van der Waals surface area contributed by atoms with E-state index in [4.69, 9.17) is 0 Å². The molecule has 1 unspecified atom stereocenters. The van der Waals surface area contributed by atoms with Crippen molar-refractivity contribution in [1.29, 1.82) is 0 Å². The van der Waals surface area contributed by atoms with Crippen LogP contribution in [0.4, 0.5) is 5.13 Å².